The van der Waals surface area contributed by atoms with Crippen molar-refractivity contribution in [2.24, 2.45) is 0 Å². The Hall–Kier alpha value is -2.14. The SMILES string of the molecule is CNc1cc(C(=O)NCc2ccc(F)c(Cl)c2)ccn1. The quantitative estimate of drug-likeness (QED) is 0.911. The van der Waals surface area contributed by atoms with Gasteiger partial charge in [-0.1, -0.05) is 17.7 Å². The fourth-order valence-corrected chi connectivity index (χ4v) is 1.85. The molecule has 1 aromatic carbocycles. The number of nitrogens with one attached hydrogen (secondary N) is 2. The summed E-state index contributed by atoms with van der Waals surface area (Å²) in [6, 6.07) is 7.60. The van der Waals surface area contributed by atoms with E-state index in [1.54, 1.807) is 31.4 Å². The smallest absolute Gasteiger partial charge is 0.251 e. The maximum Gasteiger partial charge on any atom is 0.251 e. The van der Waals surface area contributed by atoms with Crippen LogP contribution in [0.2, 0.25) is 5.02 Å². The van der Waals surface area contributed by atoms with E-state index >= 15 is 0 Å². The molecule has 0 aliphatic carbocycles. The highest BCUT2D eigenvalue weighted by molar-refractivity contribution is 6.30. The van der Waals surface area contributed by atoms with E-state index in [4.69, 9.17) is 11.6 Å². The highest BCUT2D eigenvalue weighted by Crippen LogP contribution is 2.16. The first kappa shape index (κ1) is 14.3. The van der Waals surface area contributed by atoms with Gasteiger partial charge in [-0.15, -0.1) is 0 Å². The van der Waals surface area contributed by atoms with Crippen LogP contribution >= 0.6 is 11.6 Å². The predicted molar refractivity (Wildman–Crippen MR) is 76.4 cm³/mol. The lowest BCUT2D eigenvalue weighted by molar-refractivity contribution is 0.0951. The molecule has 2 rings (SSSR count). The lowest BCUT2D eigenvalue weighted by Crippen LogP contribution is -2.23. The number of hydrogen-bond donors (Lipinski definition) is 2. The molecule has 2 aromatic rings. The minimum absolute atomic E-state index is 0.0399. The van der Waals surface area contributed by atoms with Crippen molar-refractivity contribution in [1.82, 2.24) is 10.3 Å². The summed E-state index contributed by atoms with van der Waals surface area (Å²) in [7, 11) is 1.73. The molecule has 2 N–H and O–H groups in total. The molecule has 20 heavy (non-hydrogen) atoms. The van der Waals surface area contributed by atoms with Crippen molar-refractivity contribution >= 4 is 23.3 Å². The number of nitrogens with zero attached hydrogens (tertiary/aromatic N) is 1. The van der Waals surface area contributed by atoms with Crippen LogP contribution in [0.25, 0.3) is 0 Å². The van der Waals surface area contributed by atoms with E-state index in [-0.39, 0.29) is 17.5 Å². The number of pyridine rings is 1. The Morgan fingerprint density at radius 2 is 2.15 bits per heavy atom. The number of amides is 1. The average Bonchev–Trinajstić information content (AvgIpc) is 2.48. The van der Waals surface area contributed by atoms with Crippen LogP contribution in [0, 0.1) is 5.82 Å². The van der Waals surface area contributed by atoms with Gasteiger partial charge in [-0.25, -0.2) is 9.37 Å². The lowest BCUT2D eigenvalue weighted by Gasteiger charge is -2.07. The number of rotatable bonds is 4. The molecule has 0 fully saturated rings. The van der Waals surface area contributed by atoms with E-state index < -0.39 is 5.82 Å². The molecule has 1 aromatic heterocycles. The van der Waals surface area contributed by atoms with Gasteiger partial charge in [0.15, 0.2) is 0 Å². The Labute approximate surface area is 121 Å². The molecule has 0 atom stereocenters. The molecule has 1 heterocycles. The third-order valence-corrected chi connectivity index (χ3v) is 3.00. The molecule has 6 heteroatoms. The monoisotopic (exact) mass is 293 g/mol. The van der Waals surface area contributed by atoms with Gasteiger partial charge in [-0.2, -0.15) is 0 Å². The summed E-state index contributed by atoms with van der Waals surface area (Å²) in [5, 5.41) is 5.64. The predicted octanol–water partition coefficient (Wildman–Crippen LogP) is 2.85. The van der Waals surface area contributed by atoms with E-state index in [1.807, 2.05) is 0 Å². The molecule has 0 bridgehead atoms. The second kappa shape index (κ2) is 6.34. The van der Waals surface area contributed by atoms with Gasteiger partial charge >= 0.3 is 0 Å². The van der Waals surface area contributed by atoms with E-state index in [0.29, 0.717) is 11.4 Å². The molecule has 1 amide bonds. The zero-order valence-corrected chi connectivity index (χ0v) is 11.5. The van der Waals surface area contributed by atoms with Gasteiger partial charge in [-0.3, -0.25) is 4.79 Å². The van der Waals surface area contributed by atoms with Crippen molar-refractivity contribution in [1.29, 1.82) is 0 Å². The number of benzene rings is 1. The number of hydrogen-bond acceptors (Lipinski definition) is 3. The van der Waals surface area contributed by atoms with E-state index in [0.717, 1.165) is 5.56 Å². The Morgan fingerprint density at radius 3 is 2.85 bits per heavy atom. The first-order valence-corrected chi connectivity index (χ1v) is 6.34. The van der Waals surface area contributed by atoms with Gasteiger partial charge < -0.3 is 10.6 Å². The molecule has 104 valence electrons. The molecule has 0 spiro atoms. The molecule has 0 saturated carbocycles. The van der Waals surface area contributed by atoms with Crippen molar-refractivity contribution in [2.75, 3.05) is 12.4 Å². The van der Waals surface area contributed by atoms with Crippen LogP contribution in [0.1, 0.15) is 15.9 Å². The van der Waals surface area contributed by atoms with Crippen molar-refractivity contribution in [3.8, 4) is 0 Å². The summed E-state index contributed by atoms with van der Waals surface area (Å²) in [4.78, 5) is 16.0. The van der Waals surface area contributed by atoms with Crippen molar-refractivity contribution in [2.45, 2.75) is 6.54 Å². The van der Waals surface area contributed by atoms with Gasteiger partial charge in [-0.05, 0) is 29.8 Å². The molecule has 4 nitrogen and oxygen atoms in total. The van der Waals surface area contributed by atoms with Crippen molar-refractivity contribution < 1.29 is 9.18 Å². The highest BCUT2D eigenvalue weighted by atomic mass is 35.5. The topological polar surface area (TPSA) is 54.0 Å². The summed E-state index contributed by atoms with van der Waals surface area (Å²) >= 11 is 5.68. The minimum Gasteiger partial charge on any atom is -0.373 e. The zero-order valence-electron chi connectivity index (χ0n) is 10.8. The van der Waals surface area contributed by atoms with E-state index in [9.17, 15) is 9.18 Å². The second-order valence-electron chi connectivity index (χ2n) is 4.11. The lowest BCUT2D eigenvalue weighted by atomic mass is 10.2. The van der Waals surface area contributed by atoms with E-state index in [1.165, 1.54) is 12.1 Å². The standard InChI is InChI=1S/C14H13ClFN3O/c1-17-13-7-10(4-5-18-13)14(20)19-8-9-2-3-12(16)11(15)6-9/h2-7H,8H2,1H3,(H,17,18)(H,19,20). The average molecular weight is 294 g/mol. The van der Waals surface area contributed by atoms with Crippen molar-refractivity contribution in [3.05, 3.63) is 58.5 Å². The van der Waals surface area contributed by atoms with E-state index in [2.05, 4.69) is 15.6 Å². The largest absolute Gasteiger partial charge is 0.373 e. The number of anilines is 1. The summed E-state index contributed by atoms with van der Waals surface area (Å²) in [6.07, 6.45) is 1.55. The van der Waals surface area contributed by atoms with Gasteiger partial charge in [0, 0.05) is 25.4 Å². The minimum atomic E-state index is -0.477. The van der Waals surface area contributed by atoms with Crippen LogP contribution in [0.5, 0.6) is 0 Å². The Kier molecular flexibility index (Phi) is 4.53. The van der Waals surface area contributed by atoms with Gasteiger partial charge in [0.05, 0.1) is 5.02 Å². The molecule has 0 saturated heterocycles. The highest BCUT2D eigenvalue weighted by Gasteiger charge is 2.07. The zero-order chi connectivity index (χ0) is 14.5. The second-order valence-corrected chi connectivity index (χ2v) is 4.52. The molecule has 0 aliphatic rings. The van der Waals surface area contributed by atoms with Crippen LogP contribution < -0.4 is 10.6 Å². The fourth-order valence-electron chi connectivity index (χ4n) is 1.64. The van der Waals surface area contributed by atoms with Crippen LogP contribution in [0.3, 0.4) is 0 Å². The molecule has 0 radical (unpaired) electrons. The summed E-state index contributed by atoms with van der Waals surface area (Å²) in [6.45, 7) is 0.274. The number of carbonyl (C=O) groups excluding carboxylic acids is 1. The maximum atomic E-state index is 13.0. The Morgan fingerprint density at radius 1 is 1.35 bits per heavy atom. The third-order valence-electron chi connectivity index (χ3n) is 2.72. The van der Waals surface area contributed by atoms with Gasteiger partial charge in [0.2, 0.25) is 0 Å². The normalized spacial score (nSPS) is 10.2. The van der Waals surface area contributed by atoms with Gasteiger partial charge in [0.1, 0.15) is 11.6 Å². The molecule has 0 aliphatic heterocycles. The van der Waals surface area contributed by atoms with Crippen LogP contribution in [0.4, 0.5) is 10.2 Å². The number of halogens is 2. The van der Waals surface area contributed by atoms with Crippen LogP contribution in [-0.4, -0.2) is 17.9 Å². The Balaban J connectivity index is 2.02. The summed E-state index contributed by atoms with van der Waals surface area (Å²) < 4.78 is 13.0. The summed E-state index contributed by atoms with van der Waals surface area (Å²) in [5.74, 6) is -0.0960. The third kappa shape index (κ3) is 3.45. The molecular weight excluding hydrogens is 281 g/mol. The number of carbonyl (C=O) groups is 1. The molecular formula is C14H13ClFN3O. The number of aromatic nitrogens is 1. The van der Waals surface area contributed by atoms with Crippen molar-refractivity contribution in [3.63, 3.8) is 0 Å². The summed E-state index contributed by atoms with van der Waals surface area (Å²) in [5.41, 5.74) is 1.23. The fraction of sp³-hybridized carbons (Fsp3) is 0.143. The maximum absolute atomic E-state index is 13.0. The van der Waals surface area contributed by atoms with Crippen LogP contribution in [0.15, 0.2) is 36.5 Å². The van der Waals surface area contributed by atoms with Gasteiger partial charge in [0.25, 0.3) is 5.91 Å². The molecule has 0 unspecified atom stereocenters. The Bertz CT molecular complexity index is 634. The first-order chi connectivity index (χ1) is 9.60. The first-order valence-electron chi connectivity index (χ1n) is 5.96. The van der Waals surface area contributed by atoms with Crippen LogP contribution in [-0.2, 0) is 6.54 Å².